The van der Waals surface area contributed by atoms with Crippen molar-refractivity contribution in [2.24, 2.45) is 0 Å². The van der Waals surface area contributed by atoms with E-state index in [9.17, 15) is 28.7 Å². The summed E-state index contributed by atoms with van der Waals surface area (Å²) in [5.74, 6) is -1.76. The smallest absolute Gasteiger partial charge is 0.330 e. The molecule has 1 atom stereocenters. The highest BCUT2D eigenvalue weighted by atomic mass is 19.2. The minimum absolute atomic E-state index is 0.0663. The average molecular weight is 572 g/mol. The van der Waals surface area contributed by atoms with Gasteiger partial charge in [-0.05, 0) is 67.0 Å². The number of amides is 4. The van der Waals surface area contributed by atoms with Crippen LogP contribution >= 0.6 is 0 Å². The lowest BCUT2D eigenvalue weighted by atomic mass is 9.78. The molecule has 0 spiro atoms. The van der Waals surface area contributed by atoms with Gasteiger partial charge < -0.3 is 15.7 Å². The number of hydrogen-bond acceptors (Lipinski definition) is 5. The molecular formula is C32H31F2N5O3. The quantitative estimate of drug-likeness (QED) is 0.387. The summed E-state index contributed by atoms with van der Waals surface area (Å²) in [5.41, 5.74) is 1.95. The van der Waals surface area contributed by atoms with E-state index in [4.69, 9.17) is 0 Å². The number of nitrogens with zero attached hydrogens (tertiary/aromatic N) is 3. The molecule has 2 fully saturated rings. The first kappa shape index (κ1) is 27.8. The van der Waals surface area contributed by atoms with Gasteiger partial charge in [-0.25, -0.2) is 23.3 Å². The van der Waals surface area contributed by atoms with Crippen molar-refractivity contribution in [3.8, 4) is 6.07 Å². The van der Waals surface area contributed by atoms with Crippen LogP contribution in [0.3, 0.4) is 0 Å². The molecule has 1 saturated heterocycles. The van der Waals surface area contributed by atoms with E-state index in [2.05, 4.69) is 21.6 Å². The number of nitriles is 1. The van der Waals surface area contributed by atoms with E-state index in [1.165, 1.54) is 6.07 Å². The predicted molar refractivity (Wildman–Crippen MR) is 152 cm³/mol. The minimum Gasteiger partial charge on any atom is -0.385 e. The van der Waals surface area contributed by atoms with Crippen LogP contribution in [0.5, 0.6) is 0 Å². The number of halogens is 2. The van der Waals surface area contributed by atoms with Gasteiger partial charge in [0, 0.05) is 30.4 Å². The van der Waals surface area contributed by atoms with Crippen LogP contribution in [-0.4, -0.2) is 58.2 Å². The lowest BCUT2D eigenvalue weighted by Crippen LogP contribution is -2.69. The molecule has 10 heteroatoms. The zero-order chi connectivity index (χ0) is 29.4. The van der Waals surface area contributed by atoms with Gasteiger partial charge in [-0.15, -0.1) is 0 Å². The SMILES string of the molecule is N#Cc1ccccc1[C@H]1CC[C@H](N2CC(O)(CNC(=O)N3C(=O)Nc4ccccc4C3c3ccc(F)c(F)c3)C2)CC1. The highest BCUT2D eigenvalue weighted by molar-refractivity contribution is 6.04. The topological polar surface area (TPSA) is 109 Å². The highest BCUT2D eigenvalue weighted by Crippen LogP contribution is 2.40. The summed E-state index contributed by atoms with van der Waals surface area (Å²) in [6.07, 6.45) is 3.84. The number of imide groups is 1. The molecule has 0 radical (unpaired) electrons. The summed E-state index contributed by atoms with van der Waals surface area (Å²) in [5, 5.41) is 26.0. The van der Waals surface area contributed by atoms with Gasteiger partial charge in [-0.1, -0.05) is 42.5 Å². The van der Waals surface area contributed by atoms with E-state index in [0.717, 1.165) is 53.8 Å². The van der Waals surface area contributed by atoms with Crippen molar-refractivity contribution < 1.29 is 23.5 Å². The molecule has 0 aromatic heterocycles. The van der Waals surface area contributed by atoms with E-state index >= 15 is 0 Å². The summed E-state index contributed by atoms with van der Waals surface area (Å²) in [6, 6.07) is 18.1. The number of carbonyl (C=O) groups is 2. The molecule has 4 amide bonds. The van der Waals surface area contributed by atoms with Gasteiger partial charge in [0.1, 0.15) is 5.60 Å². The maximum absolute atomic E-state index is 14.2. The maximum atomic E-state index is 14.2. The minimum atomic E-state index is -1.15. The number of β-amino-alcohol motifs (C(OH)–C–C–N with tert-alkyl or cyclic N) is 1. The molecule has 3 aromatic carbocycles. The molecule has 8 nitrogen and oxygen atoms in total. The maximum Gasteiger partial charge on any atom is 0.330 e. The number of fused-ring (bicyclic) bond motifs is 1. The number of rotatable bonds is 5. The van der Waals surface area contributed by atoms with Crippen LogP contribution in [0, 0.1) is 23.0 Å². The molecule has 1 saturated carbocycles. The Morgan fingerprint density at radius 1 is 1.00 bits per heavy atom. The molecule has 216 valence electrons. The Morgan fingerprint density at radius 2 is 1.69 bits per heavy atom. The van der Waals surface area contributed by atoms with Crippen molar-refractivity contribution in [1.82, 2.24) is 15.1 Å². The van der Waals surface area contributed by atoms with Crippen molar-refractivity contribution in [3.63, 3.8) is 0 Å². The fourth-order valence-electron chi connectivity index (χ4n) is 6.61. The second kappa shape index (κ2) is 11.2. The first-order valence-electron chi connectivity index (χ1n) is 14.1. The van der Waals surface area contributed by atoms with Crippen molar-refractivity contribution in [1.29, 1.82) is 5.26 Å². The molecule has 42 heavy (non-hydrogen) atoms. The first-order valence-corrected chi connectivity index (χ1v) is 14.1. The molecule has 3 aromatic rings. The summed E-state index contributed by atoms with van der Waals surface area (Å²) in [4.78, 5) is 29.6. The fraction of sp³-hybridized carbons (Fsp3) is 0.344. The second-order valence-corrected chi connectivity index (χ2v) is 11.5. The Labute approximate surface area is 242 Å². The molecule has 1 unspecified atom stereocenters. The number of carbonyl (C=O) groups excluding carboxylic acids is 2. The molecule has 6 rings (SSSR count). The summed E-state index contributed by atoms with van der Waals surface area (Å²) >= 11 is 0. The van der Waals surface area contributed by atoms with Gasteiger partial charge >= 0.3 is 12.1 Å². The zero-order valence-corrected chi connectivity index (χ0v) is 22.9. The zero-order valence-electron chi connectivity index (χ0n) is 22.9. The number of hydrogen-bond donors (Lipinski definition) is 3. The van der Waals surface area contributed by atoms with Crippen LogP contribution in [0.1, 0.15) is 59.9 Å². The molecule has 1 aliphatic carbocycles. The first-order chi connectivity index (χ1) is 20.3. The number of likely N-dealkylation sites (tertiary alicyclic amines) is 1. The standard InChI is InChI=1S/C32H31F2N5O3/c33-26-14-11-21(15-27(26)34)29-25-7-3-4-8-28(25)37-31(41)39(29)30(40)36-17-32(42)18-38(19-32)23-12-9-20(10-13-23)24-6-2-1-5-22(24)16-35/h1-8,11,14-15,20,23,29,42H,9-10,12-13,17-19H2,(H,36,40)(H,37,41)/t20-,23-,29?. The summed E-state index contributed by atoms with van der Waals surface area (Å²) in [7, 11) is 0. The van der Waals surface area contributed by atoms with Crippen molar-refractivity contribution in [2.75, 3.05) is 25.0 Å². The third-order valence-electron chi connectivity index (χ3n) is 8.75. The van der Waals surface area contributed by atoms with E-state index in [-0.39, 0.29) is 12.1 Å². The van der Waals surface area contributed by atoms with E-state index < -0.39 is 35.3 Å². The third-order valence-corrected chi connectivity index (χ3v) is 8.75. The van der Waals surface area contributed by atoms with E-state index in [0.29, 0.717) is 36.3 Å². The predicted octanol–water partition coefficient (Wildman–Crippen LogP) is 5.26. The molecule has 2 aliphatic heterocycles. The average Bonchev–Trinajstić information content (AvgIpc) is 2.99. The van der Waals surface area contributed by atoms with Crippen LogP contribution in [0.25, 0.3) is 0 Å². The van der Waals surface area contributed by atoms with E-state index in [1.807, 2.05) is 24.3 Å². The van der Waals surface area contributed by atoms with Gasteiger partial charge in [0.15, 0.2) is 11.6 Å². The number of anilines is 1. The van der Waals surface area contributed by atoms with Crippen LogP contribution in [0.15, 0.2) is 66.7 Å². The third kappa shape index (κ3) is 5.22. The molecule has 3 N–H and O–H groups in total. The number of para-hydroxylation sites is 1. The number of nitrogens with one attached hydrogen (secondary N) is 2. The number of benzene rings is 3. The lowest BCUT2D eigenvalue weighted by Gasteiger charge is -2.51. The fourth-order valence-corrected chi connectivity index (χ4v) is 6.61. The van der Waals surface area contributed by atoms with Crippen LogP contribution in [-0.2, 0) is 0 Å². The largest absolute Gasteiger partial charge is 0.385 e. The Bertz CT molecular complexity index is 1560. The molecule has 2 heterocycles. The van der Waals surface area contributed by atoms with Gasteiger partial charge in [0.2, 0.25) is 0 Å². The Kier molecular flexibility index (Phi) is 7.39. The Balaban J connectivity index is 1.09. The Morgan fingerprint density at radius 3 is 2.40 bits per heavy atom. The van der Waals surface area contributed by atoms with Gasteiger partial charge in [-0.2, -0.15) is 5.26 Å². The number of urea groups is 2. The van der Waals surface area contributed by atoms with Gasteiger partial charge in [-0.3, -0.25) is 4.90 Å². The highest BCUT2D eigenvalue weighted by Gasteiger charge is 2.46. The van der Waals surface area contributed by atoms with Gasteiger partial charge in [0.05, 0.1) is 24.2 Å². The number of aliphatic hydroxyl groups is 1. The van der Waals surface area contributed by atoms with Crippen molar-refractivity contribution >= 4 is 17.7 Å². The summed E-state index contributed by atoms with van der Waals surface area (Å²) in [6.45, 7) is 0.710. The second-order valence-electron chi connectivity index (χ2n) is 11.5. The molecule has 3 aliphatic rings. The molecular weight excluding hydrogens is 540 g/mol. The van der Waals surface area contributed by atoms with Crippen LogP contribution < -0.4 is 10.6 Å². The van der Waals surface area contributed by atoms with Crippen LogP contribution in [0.2, 0.25) is 0 Å². The normalized spacial score (nSPS) is 23.2. The summed E-state index contributed by atoms with van der Waals surface area (Å²) < 4.78 is 27.9. The molecule has 0 bridgehead atoms. The van der Waals surface area contributed by atoms with Crippen molar-refractivity contribution in [3.05, 3.63) is 101 Å². The monoisotopic (exact) mass is 571 g/mol. The van der Waals surface area contributed by atoms with Crippen LogP contribution in [0.4, 0.5) is 24.1 Å². The van der Waals surface area contributed by atoms with Crippen molar-refractivity contribution in [2.45, 2.75) is 49.3 Å². The Hall–Kier alpha value is -4.33. The van der Waals surface area contributed by atoms with Gasteiger partial charge in [0.25, 0.3) is 0 Å². The van der Waals surface area contributed by atoms with E-state index in [1.54, 1.807) is 24.3 Å². The lowest BCUT2D eigenvalue weighted by molar-refractivity contribution is -0.116.